The smallest absolute Gasteiger partial charge is 0.163 e. The van der Waals surface area contributed by atoms with E-state index in [0.717, 1.165) is 67.1 Å². The van der Waals surface area contributed by atoms with E-state index in [1.807, 2.05) is 6.20 Å². The molecule has 1 aliphatic rings. The summed E-state index contributed by atoms with van der Waals surface area (Å²) in [4.78, 5) is 19.6. The van der Waals surface area contributed by atoms with E-state index in [2.05, 4.69) is 109 Å². The van der Waals surface area contributed by atoms with Crippen LogP contribution in [0, 0.1) is 6.92 Å². The summed E-state index contributed by atoms with van der Waals surface area (Å²) in [5, 5.41) is 6.76. The predicted octanol–water partition coefficient (Wildman–Crippen LogP) is 9.07. The molecule has 0 amide bonds. The molecule has 6 aromatic rings. The number of aromatic nitrogens is 4. The first kappa shape index (κ1) is 24.6. The lowest BCUT2D eigenvalue weighted by Crippen LogP contribution is -2.24. The van der Waals surface area contributed by atoms with E-state index in [-0.39, 0.29) is 10.8 Å². The zero-order valence-corrected chi connectivity index (χ0v) is 24.0. The van der Waals surface area contributed by atoms with Crippen molar-refractivity contribution >= 4 is 32.3 Å². The van der Waals surface area contributed by atoms with Crippen molar-refractivity contribution in [1.82, 2.24) is 19.9 Å². The second-order valence-electron chi connectivity index (χ2n) is 12.9. The Labute approximate surface area is 234 Å². The van der Waals surface area contributed by atoms with Gasteiger partial charge in [-0.2, -0.15) is 0 Å². The predicted molar refractivity (Wildman–Crippen MR) is 163 cm³/mol. The van der Waals surface area contributed by atoms with Crippen LogP contribution < -0.4 is 4.74 Å². The Bertz CT molecular complexity index is 1980. The van der Waals surface area contributed by atoms with Gasteiger partial charge in [0.25, 0.3) is 0 Å². The SMILES string of the molecule is Cc1c2c(cc3ccccc13)-c1nccc3c1c(cc1ccc(-c4nc(C(C)(C)C)nc(C(C)(C)C)n4)cc13)O2. The van der Waals surface area contributed by atoms with E-state index in [0.29, 0.717) is 5.82 Å². The van der Waals surface area contributed by atoms with Gasteiger partial charge >= 0.3 is 0 Å². The molecule has 4 aromatic carbocycles. The Kier molecular flexibility index (Phi) is 5.12. The molecule has 1 aliphatic heterocycles. The summed E-state index contributed by atoms with van der Waals surface area (Å²) in [5.41, 5.74) is 3.71. The molecule has 0 radical (unpaired) electrons. The summed E-state index contributed by atoms with van der Waals surface area (Å²) in [6.07, 6.45) is 1.91. The normalized spacial score (nSPS) is 13.1. The minimum atomic E-state index is -0.194. The topological polar surface area (TPSA) is 60.8 Å². The van der Waals surface area contributed by atoms with E-state index < -0.39 is 0 Å². The quantitative estimate of drug-likeness (QED) is 0.200. The van der Waals surface area contributed by atoms with Crippen molar-refractivity contribution in [2.75, 3.05) is 0 Å². The molecule has 0 unspecified atom stereocenters. The highest BCUT2D eigenvalue weighted by atomic mass is 16.5. The number of ether oxygens (including phenoxy) is 1. The van der Waals surface area contributed by atoms with Crippen LogP contribution in [0.2, 0.25) is 0 Å². The van der Waals surface area contributed by atoms with Gasteiger partial charge in [-0.15, -0.1) is 0 Å². The zero-order chi connectivity index (χ0) is 28.0. The molecule has 2 aromatic heterocycles. The lowest BCUT2D eigenvalue weighted by atomic mass is 9.91. The number of fused-ring (bicyclic) bond motifs is 5. The molecule has 0 N–H and O–H groups in total. The summed E-state index contributed by atoms with van der Waals surface area (Å²) >= 11 is 0. The zero-order valence-electron chi connectivity index (χ0n) is 24.0. The molecule has 0 aliphatic carbocycles. The Hall–Kier alpha value is -4.38. The van der Waals surface area contributed by atoms with Crippen LogP contribution in [0.15, 0.2) is 66.9 Å². The van der Waals surface area contributed by atoms with E-state index in [9.17, 15) is 0 Å². The summed E-state index contributed by atoms with van der Waals surface area (Å²) in [6.45, 7) is 15.0. The fourth-order valence-electron chi connectivity index (χ4n) is 5.59. The van der Waals surface area contributed by atoms with Gasteiger partial charge < -0.3 is 4.74 Å². The Morgan fingerprint density at radius 1 is 0.675 bits per heavy atom. The first-order chi connectivity index (χ1) is 19.0. The maximum Gasteiger partial charge on any atom is 0.163 e. The number of pyridine rings is 1. The second-order valence-corrected chi connectivity index (χ2v) is 12.9. The fourth-order valence-corrected chi connectivity index (χ4v) is 5.59. The second kappa shape index (κ2) is 8.31. The van der Waals surface area contributed by atoms with Crippen LogP contribution in [-0.4, -0.2) is 19.9 Å². The number of aryl methyl sites for hydroxylation is 1. The van der Waals surface area contributed by atoms with E-state index in [1.54, 1.807) is 0 Å². The van der Waals surface area contributed by atoms with Crippen LogP contribution in [0.25, 0.3) is 55.0 Å². The summed E-state index contributed by atoms with van der Waals surface area (Å²) < 4.78 is 6.64. The number of benzene rings is 4. The van der Waals surface area contributed by atoms with Crippen LogP contribution in [0.5, 0.6) is 11.5 Å². The van der Waals surface area contributed by atoms with Crippen LogP contribution in [0.1, 0.15) is 58.8 Å². The fraction of sp³-hybridized carbons (Fsp3) is 0.257. The molecule has 0 spiro atoms. The molecule has 0 saturated heterocycles. The van der Waals surface area contributed by atoms with Crippen molar-refractivity contribution in [2.24, 2.45) is 0 Å². The van der Waals surface area contributed by atoms with Crippen LogP contribution >= 0.6 is 0 Å². The highest BCUT2D eigenvalue weighted by Crippen LogP contribution is 2.50. The molecule has 0 saturated carbocycles. The van der Waals surface area contributed by atoms with E-state index in [4.69, 9.17) is 24.7 Å². The van der Waals surface area contributed by atoms with Gasteiger partial charge in [-0.05, 0) is 58.1 Å². The third-order valence-corrected chi connectivity index (χ3v) is 7.78. The van der Waals surface area contributed by atoms with Gasteiger partial charge in [0.05, 0.1) is 11.1 Å². The minimum Gasteiger partial charge on any atom is -0.456 e. The average Bonchev–Trinajstić information content (AvgIpc) is 2.92. The molecule has 0 bridgehead atoms. The van der Waals surface area contributed by atoms with Gasteiger partial charge in [-0.1, -0.05) is 77.9 Å². The maximum atomic E-state index is 6.64. The van der Waals surface area contributed by atoms with Gasteiger partial charge in [0.2, 0.25) is 0 Å². The van der Waals surface area contributed by atoms with Gasteiger partial charge in [0, 0.05) is 33.7 Å². The molecule has 0 fully saturated rings. The van der Waals surface area contributed by atoms with Crippen molar-refractivity contribution in [3.8, 4) is 34.1 Å². The molecule has 7 rings (SSSR count). The molecular weight excluding hydrogens is 492 g/mol. The molecule has 5 nitrogen and oxygen atoms in total. The Morgan fingerprint density at radius 3 is 2.10 bits per heavy atom. The van der Waals surface area contributed by atoms with Crippen molar-refractivity contribution in [2.45, 2.75) is 59.3 Å². The number of hydrogen-bond acceptors (Lipinski definition) is 5. The van der Waals surface area contributed by atoms with Crippen molar-refractivity contribution in [1.29, 1.82) is 0 Å². The molecule has 40 heavy (non-hydrogen) atoms. The Morgan fingerprint density at radius 2 is 1.38 bits per heavy atom. The van der Waals surface area contributed by atoms with Crippen molar-refractivity contribution in [3.05, 3.63) is 84.1 Å². The standard InChI is InChI=1S/C35H32N4O/c1-19-23-11-9-8-10-20(23)16-26-29-28-24(14-15-36-29)25-17-22(13-12-21(25)18-27(28)40-30(19)26)31-37-32(34(2,3)4)39-33(38-31)35(5,6)7/h8-18H,1-7H3. The van der Waals surface area contributed by atoms with Crippen molar-refractivity contribution < 1.29 is 4.74 Å². The first-order valence-corrected chi connectivity index (χ1v) is 13.8. The molecule has 5 heteroatoms. The number of nitrogens with zero attached hydrogens (tertiary/aromatic N) is 4. The lowest BCUT2D eigenvalue weighted by molar-refractivity contribution is 0.484. The van der Waals surface area contributed by atoms with Gasteiger partial charge in [0.15, 0.2) is 5.82 Å². The maximum absolute atomic E-state index is 6.64. The minimum absolute atomic E-state index is 0.194. The van der Waals surface area contributed by atoms with Crippen LogP contribution in [0.3, 0.4) is 0 Å². The van der Waals surface area contributed by atoms with Gasteiger partial charge in [-0.3, -0.25) is 4.98 Å². The summed E-state index contributed by atoms with van der Waals surface area (Å²) in [7, 11) is 0. The molecular formula is C35H32N4O. The molecule has 0 atom stereocenters. The monoisotopic (exact) mass is 524 g/mol. The Balaban J connectivity index is 1.48. The lowest BCUT2D eigenvalue weighted by Gasteiger charge is -2.24. The van der Waals surface area contributed by atoms with E-state index >= 15 is 0 Å². The van der Waals surface area contributed by atoms with Gasteiger partial charge in [0.1, 0.15) is 23.1 Å². The van der Waals surface area contributed by atoms with Crippen LogP contribution in [0.4, 0.5) is 0 Å². The number of rotatable bonds is 1. The number of hydrogen-bond donors (Lipinski definition) is 0. The third kappa shape index (κ3) is 3.75. The highest BCUT2D eigenvalue weighted by molar-refractivity contribution is 6.16. The third-order valence-electron chi connectivity index (χ3n) is 7.78. The van der Waals surface area contributed by atoms with Gasteiger partial charge in [-0.25, -0.2) is 15.0 Å². The largest absolute Gasteiger partial charge is 0.456 e. The summed E-state index contributed by atoms with van der Waals surface area (Å²) in [5.74, 6) is 4.03. The molecule has 3 heterocycles. The average molecular weight is 525 g/mol. The highest BCUT2D eigenvalue weighted by Gasteiger charge is 2.27. The van der Waals surface area contributed by atoms with Crippen LogP contribution in [-0.2, 0) is 10.8 Å². The van der Waals surface area contributed by atoms with E-state index in [1.165, 1.54) is 10.8 Å². The van der Waals surface area contributed by atoms with Crippen molar-refractivity contribution in [3.63, 3.8) is 0 Å². The molecule has 198 valence electrons. The first-order valence-electron chi connectivity index (χ1n) is 13.8. The summed E-state index contributed by atoms with van der Waals surface area (Å²) in [6, 6.07) is 21.3.